The van der Waals surface area contributed by atoms with Gasteiger partial charge in [0.1, 0.15) is 18.0 Å². The zero-order valence-electron chi connectivity index (χ0n) is 18.2. The summed E-state index contributed by atoms with van der Waals surface area (Å²) in [4.78, 5) is 22.6. The highest BCUT2D eigenvalue weighted by atomic mass is 16.1. The Morgan fingerprint density at radius 3 is 2.38 bits per heavy atom. The highest BCUT2D eigenvalue weighted by Crippen LogP contribution is 2.22. The molecule has 0 radical (unpaired) electrons. The van der Waals surface area contributed by atoms with Gasteiger partial charge in [-0.15, -0.1) is 6.42 Å². The first-order chi connectivity index (χ1) is 15.5. The number of carbonyl (C=O) groups is 1. The number of rotatable bonds is 9. The predicted octanol–water partition coefficient (Wildman–Crippen LogP) is 4.33. The van der Waals surface area contributed by atoms with Crippen LogP contribution in [-0.2, 0) is 4.79 Å². The summed E-state index contributed by atoms with van der Waals surface area (Å²) in [5.41, 5.74) is 3.59. The van der Waals surface area contributed by atoms with Crippen LogP contribution in [0, 0.1) is 19.3 Å². The van der Waals surface area contributed by atoms with E-state index in [-0.39, 0.29) is 5.91 Å². The highest BCUT2D eigenvalue weighted by molar-refractivity contribution is 5.99. The van der Waals surface area contributed by atoms with Crippen molar-refractivity contribution >= 4 is 34.6 Å². The molecule has 0 unspecified atom stereocenters. The summed E-state index contributed by atoms with van der Waals surface area (Å²) in [6, 6.07) is 17.3. The average Bonchev–Trinajstić information content (AvgIpc) is 2.74. The molecule has 162 valence electrons. The molecule has 3 rings (SSSR count). The minimum absolute atomic E-state index is 0.206. The molecule has 3 aromatic rings. The van der Waals surface area contributed by atoms with Gasteiger partial charge in [0.15, 0.2) is 0 Å². The van der Waals surface area contributed by atoms with Crippen molar-refractivity contribution in [2.45, 2.75) is 6.92 Å². The molecule has 0 saturated carbocycles. The number of carbonyl (C=O) groups excluding carboxylic acids is 1. The van der Waals surface area contributed by atoms with E-state index in [0.29, 0.717) is 30.4 Å². The Morgan fingerprint density at radius 2 is 1.69 bits per heavy atom. The maximum Gasteiger partial charge on any atom is 0.248 e. The number of anilines is 5. The molecule has 0 bridgehead atoms. The second-order valence-corrected chi connectivity index (χ2v) is 7.28. The van der Waals surface area contributed by atoms with Gasteiger partial charge in [-0.1, -0.05) is 30.2 Å². The highest BCUT2D eigenvalue weighted by Gasteiger charge is 2.03. The number of terminal acetylenes is 1. The molecule has 7 heteroatoms. The molecule has 0 atom stereocenters. The zero-order valence-corrected chi connectivity index (χ0v) is 18.2. The van der Waals surface area contributed by atoms with E-state index >= 15 is 0 Å². The summed E-state index contributed by atoms with van der Waals surface area (Å²) in [7, 11) is 1.90. The van der Waals surface area contributed by atoms with Gasteiger partial charge >= 0.3 is 0 Å². The zero-order chi connectivity index (χ0) is 22.8. The monoisotopic (exact) mass is 426 g/mol. The van der Waals surface area contributed by atoms with Crippen LogP contribution in [-0.4, -0.2) is 40.9 Å². The number of nitrogens with one attached hydrogen (secondary N) is 3. The molecular weight excluding hydrogens is 400 g/mol. The molecule has 2 aromatic carbocycles. The summed E-state index contributed by atoms with van der Waals surface area (Å²) in [5, 5.41) is 9.37. The minimum Gasteiger partial charge on any atom is -0.340 e. The first-order valence-corrected chi connectivity index (χ1v) is 10.1. The van der Waals surface area contributed by atoms with Gasteiger partial charge in [-0.25, -0.2) is 9.97 Å². The van der Waals surface area contributed by atoms with Crippen molar-refractivity contribution in [3.8, 4) is 12.3 Å². The molecule has 1 heterocycles. The van der Waals surface area contributed by atoms with Crippen LogP contribution < -0.4 is 16.0 Å². The van der Waals surface area contributed by atoms with Gasteiger partial charge in [0.05, 0.1) is 6.54 Å². The van der Waals surface area contributed by atoms with Crippen LogP contribution in [0.4, 0.5) is 28.7 Å². The topological polar surface area (TPSA) is 82.2 Å². The van der Waals surface area contributed by atoms with E-state index < -0.39 is 0 Å². The number of aromatic nitrogens is 2. The number of amides is 1. The lowest BCUT2D eigenvalue weighted by atomic mass is 10.2. The van der Waals surface area contributed by atoms with Crippen molar-refractivity contribution in [3.63, 3.8) is 0 Å². The van der Waals surface area contributed by atoms with E-state index in [1.807, 2.05) is 73.5 Å². The van der Waals surface area contributed by atoms with Crippen molar-refractivity contribution in [2.24, 2.45) is 0 Å². The van der Waals surface area contributed by atoms with Crippen LogP contribution in [0.25, 0.3) is 0 Å². The van der Waals surface area contributed by atoms with Crippen molar-refractivity contribution in [1.82, 2.24) is 14.9 Å². The SMILES string of the molecule is C#CCN(C)CC=CC(=O)Nc1cccc(Nc2cc(Nc3cccc(C)c3)ncn2)c1. The van der Waals surface area contributed by atoms with Crippen LogP contribution in [0.5, 0.6) is 0 Å². The second-order valence-electron chi connectivity index (χ2n) is 7.28. The maximum atomic E-state index is 12.2. The molecule has 0 spiro atoms. The van der Waals surface area contributed by atoms with E-state index in [4.69, 9.17) is 6.42 Å². The van der Waals surface area contributed by atoms with Crippen LogP contribution in [0.1, 0.15) is 5.56 Å². The average molecular weight is 427 g/mol. The van der Waals surface area contributed by atoms with Crippen LogP contribution in [0.3, 0.4) is 0 Å². The van der Waals surface area contributed by atoms with E-state index in [2.05, 4.69) is 31.8 Å². The molecule has 32 heavy (non-hydrogen) atoms. The molecule has 1 amide bonds. The molecule has 0 aliphatic carbocycles. The number of nitrogens with zero attached hydrogens (tertiary/aromatic N) is 3. The quantitative estimate of drug-likeness (QED) is 0.349. The van der Waals surface area contributed by atoms with E-state index in [0.717, 1.165) is 16.9 Å². The first kappa shape index (κ1) is 22.5. The Labute approximate surface area is 188 Å². The summed E-state index contributed by atoms with van der Waals surface area (Å²) in [5.74, 6) is 3.67. The Morgan fingerprint density at radius 1 is 1.03 bits per heavy atom. The lowest BCUT2D eigenvalue weighted by Crippen LogP contribution is -2.18. The lowest BCUT2D eigenvalue weighted by Gasteiger charge is -2.11. The summed E-state index contributed by atoms with van der Waals surface area (Å²) < 4.78 is 0. The van der Waals surface area contributed by atoms with E-state index in [1.54, 1.807) is 6.08 Å². The molecular formula is C25H26N6O. The van der Waals surface area contributed by atoms with Crippen LogP contribution in [0.2, 0.25) is 0 Å². The largest absolute Gasteiger partial charge is 0.340 e. The summed E-state index contributed by atoms with van der Waals surface area (Å²) >= 11 is 0. The predicted molar refractivity (Wildman–Crippen MR) is 130 cm³/mol. The fourth-order valence-corrected chi connectivity index (χ4v) is 2.93. The van der Waals surface area contributed by atoms with Gasteiger partial charge in [-0.2, -0.15) is 0 Å². The van der Waals surface area contributed by atoms with Crippen molar-refractivity contribution < 1.29 is 4.79 Å². The second kappa shape index (κ2) is 11.3. The van der Waals surface area contributed by atoms with Crippen LogP contribution in [0.15, 0.2) is 73.1 Å². The van der Waals surface area contributed by atoms with Crippen molar-refractivity contribution in [1.29, 1.82) is 0 Å². The number of aryl methyl sites for hydroxylation is 1. The number of hydrogen-bond donors (Lipinski definition) is 3. The summed E-state index contributed by atoms with van der Waals surface area (Å²) in [6.45, 7) is 3.17. The van der Waals surface area contributed by atoms with E-state index in [1.165, 1.54) is 12.4 Å². The smallest absolute Gasteiger partial charge is 0.248 e. The van der Waals surface area contributed by atoms with Crippen molar-refractivity contribution in [2.75, 3.05) is 36.1 Å². The molecule has 0 aliphatic rings. The molecule has 0 fully saturated rings. The minimum atomic E-state index is -0.206. The first-order valence-electron chi connectivity index (χ1n) is 10.1. The third-order valence-electron chi connectivity index (χ3n) is 4.41. The Kier molecular flexibility index (Phi) is 7.96. The third kappa shape index (κ3) is 7.27. The Bertz CT molecular complexity index is 1140. The third-order valence-corrected chi connectivity index (χ3v) is 4.41. The normalized spacial score (nSPS) is 10.7. The number of hydrogen-bond acceptors (Lipinski definition) is 6. The standard InChI is InChI=1S/C25H26N6O/c1-4-13-31(3)14-7-12-25(32)30-22-11-6-10-21(16-22)29-24-17-23(26-18-27-24)28-20-9-5-8-19(2)15-20/h1,5-12,15-18H,13-14H2,2-3H3,(H,30,32)(H2,26,27,28,29). The Hall–Kier alpha value is -4.15. The Balaban J connectivity index is 1.60. The maximum absolute atomic E-state index is 12.2. The fourth-order valence-electron chi connectivity index (χ4n) is 2.93. The van der Waals surface area contributed by atoms with Gasteiger partial charge in [-0.3, -0.25) is 9.69 Å². The van der Waals surface area contributed by atoms with Crippen LogP contribution >= 0.6 is 0 Å². The molecule has 0 aliphatic heterocycles. The molecule has 0 saturated heterocycles. The van der Waals surface area contributed by atoms with E-state index in [9.17, 15) is 4.79 Å². The van der Waals surface area contributed by atoms with Gasteiger partial charge in [0, 0.05) is 35.7 Å². The van der Waals surface area contributed by atoms with Crippen molar-refractivity contribution in [3.05, 3.63) is 78.6 Å². The molecule has 7 nitrogen and oxygen atoms in total. The number of benzene rings is 2. The van der Waals surface area contributed by atoms with Gasteiger partial charge in [0.25, 0.3) is 0 Å². The molecule has 1 aromatic heterocycles. The lowest BCUT2D eigenvalue weighted by molar-refractivity contribution is -0.111. The number of likely N-dealkylation sites (N-methyl/N-ethyl adjacent to an activating group) is 1. The molecule has 3 N–H and O–H groups in total. The van der Waals surface area contributed by atoms with Gasteiger partial charge in [0.2, 0.25) is 5.91 Å². The summed E-state index contributed by atoms with van der Waals surface area (Å²) in [6.07, 6.45) is 10.0. The fraction of sp³-hybridized carbons (Fsp3) is 0.160. The van der Waals surface area contributed by atoms with Gasteiger partial charge < -0.3 is 16.0 Å². The van der Waals surface area contributed by atoms with Gasteiger partial charge in [-0.05, 0) is 49.9 Å².